The van der Waals surface area contributed by atoms with Gasteiger partial charge in [-0.25, -0.2) is 0 Å². The summed E-state index contributed by atoms with van der Waals surface area (Å²) in [6.07, 6.45) is 0. The third-order valence-electron chi connectivity index (χ3n) is 2.73. The zero-order chi connectivity index (χ0) is 13.1. The molecule has 1 amide bonds. The van der Waals surface area contributed by atoms with Gasteiger partial charge in [-0.2, -0.15) is 0 Å². The highest BCUT2D eigenvalue weighted by Gasteiger charge is 2.17. The first-order valence-electron chi connectivity index (χ1n) is 5.87. The van der Waals surface area contributed by atoms with Crippen LogP contribution in [0.5, 0.6) is 5.75 Å². The van der Waals surface area contributed by atoms with Crippen LogP contribution in [0.2, 0.25) is 0 Å². The van der Waals surface area contributed by atoms with Gasteiger partial charge in [-0.05, 0) is 12.1 Å². The number of halogens is 1. The highest BCUT2D eigenvalue weighted by molar-refractivity contribution is 9.10. The lowest BCUT2D eigenvalue weighted by atomic mass is 10.1. The van der Waals surface area contributed by atoms with Crippen LogP contribution in [0.25, 0.3) is 0 Å². The molecule has 0 atom stereocenters. The molecule has 5 heteroatoms. The average Bonchev–Trinajstić information content (AvgIpc) is 2.35. The van der Waals surface area contributed by atoms with Crippen molar-refractivity contribution in [1.82, 2.24) is 5.32 Å². The number of hydrogen-bond acceptors (Lipinski definition) is 3. The minimum absolute atomic E-state index is 0.0165. The van der Waals surface area contributed by atoms with Gasteiger partial charge >= 0.3 is 0 Å². The molecule has 0 radical (unpaired) electrons. The second-order valence-corrected chi connectivity index (χ2v) is 5.45. The quantitative estimate of drug-likeness (QED) is 0.933. The van der Waals surface area contributed by atoms with E-state index in [0.717, 1.165) is 21.3 Å². The lowest BCUT2D eigenvalue weighted by Crippen LogP contribution is -2.27. The smallest absolute Gasteiger partial charge is 0.222 e. The Hall–Kier alpha value is -1.07. The summed E-state index contributed by atoms with van der Waals surface area (Å²) in [5.41, 5.74) is 1.97. The molecule has 0 fully saturated rings. The Kier molecular flexibility index (Phi) is 4.24. The molecule has 0 unspecified atom stereocenters. The third-order valence-corrected chi connectivity index (χ3v) is 3.19. The molecule has 0 spiro atoms. The molecule has 1 aromatic rings. The Labute approximate surface area is 115 Å². The maximum Gasteiger partial charge on any atom is 0.222 e. The molecule has 98 valence electrons. The molecule has 0 aliphatic carbocycles. The first kappa shape index (κ1) is 13.4. The second-order valence-electron chi connectivity index (χ2n) is 4.54. The van der Waals surface area contributed by atoms with E-state index in [1.54, 1.807) is 0 Å². The fourth-order valence-electron chi connectivity index (χ4n) is 1.77. The number of carbonyl (C=O) groups excluding carboxylic acids is 1. The topological polar surface area (TPSA) is 47.6 Å². The minimum Gasteiger partial charge on any atom is -0.467 e. The van der Waals surface area contributed by atoms with Crippen molar-refractivity contribution in [3.8, 4) is 5.75 Å². The van der Waals surface area contributed by atoms with Gasteiger partial charge in [-0.1, -0.05) is 29.8 Å². The Balaban J connectivity index is 2.17. The number of amides is 1. The Morgan fingerprint density at radius 2 is 2.28 bits per heavy atom. The zero-order valence-electron chi connectivity index (χ0n) is 10.5. The molecule has 1 aromatic carbocycles. The number of fused-ring (bicyclic) bond motifs is 1. The van der Waals surface area contributed by atoms with Crippen LogP contribution >= 0.6 is 15.9 Å². The molecule has 0 bridgehead atoms. The van der Waals surface area contributed by atoms with Crippen LogP contribution < -0.4 is 10.1 Å². The molecule has 1 heterocycles. The van der Waals surface area contributed by atoms with Crippen LogP contribution in [0.1, 0.15) is 25.0 Å². The standard InChI is InChI=1S/C13H16BrNO3/c1-8(2)13(16)15-5-9-3-11(14)4-10-6-17-7-18-12(9)10/h3-4,8H,5-7H2,1-2H3,(H,15,16). The summed E-state index contributed by atoms with van der Waals surface area (Å²) in [4.78, 5) is 11.6. The van der Waals surface area contributed by atoms with E-state index in [9.17, 15) is 4.79 Å². The lowest BCUT2D eigenvalue weighted by Gasteiger charge is -2.21. The van der Waals surface area contributed by atoms with Crippen molar-refractivity contribution in [1.29, 1.82) is 0 Å². The fourth-order valence-corrected chi connectivity index (χ4v) is 2.33. The van der Waals surface area contributed by atoms with Crippen molar-refractivity contribution >= 4 is 21.8 Å². The van der Waals surface area contributed by atoms with Gasteiger partial charge in [0.05, 0.1) is 6.61 Å². The molecule has 1 N–H and O–H groups in total. The number of rotatable bonds is 3. The van der Waals surface area contributed by atoms with E-state index in [4.69, 9.17) is 9.47 Å². The van der Waals surface area contributed by atoms with Crippen LogP contribution in [-0.4, -0.2) is 12.7 Å². The van der Waals surface area contributed by atoms with Crippen LogP contribution in [-0.2, 0) is 22.7 Å². The molecule has 0 saturated heterocycles. The van der Waals surface area contributed by atoms with Gasteiger partial charge in [-0.3, -0.25) is 4.79 Å². The van der Waals surface area contributed by atoms with Gasteiger partial charge in [0.15, 0.2) is 6.79 Å². The van der Waals surface area contributed by atoms with Crippen molar-refractivity contribution < 1.29 is 14.3 Å². The zero-order valence-corrected chi connectivity index (χ0v) is 12.0. The maximum atomic E-state index is 11.6. The fraction of sp³-hybridized carbons (Fsp3) is 0.462. The Bertz CT molecular complexity index is 460. The summed E-state index contributed by atoms with van der Waals surface area (Å²) in [5, 5.41) is 2.90. The van der Waals surface area contributed by atoms with E-state index in [2.05, 4.69) is 21.2 Å². The molecule has 2 rings (SSSR count). The molecular weight excluding hydrogens is 298 g/mol. The summed E-state index contributed by atoms with van der Waals surface area (Å²) in [7, 11) is 0. The van der Waals surface area contributed by atoms with Crippen molar-refractivity contribution in [2.45, 2.75) is 27.0 Å². The van der Waals surface area contributed by atoms with Crippen molar-refractivity contribution in [3.05, 3.63) is 27.7 Å². The van der Waals surface area contributed by atoms with E-state index in [1.165, 1.54) is 0 Å². The van der Waals surface area contributed by atoms with Gasteiger partial charge in [0.1, 0.15) is 5.75 Å². The highest BCUT2D eigenvalue weighted by Crippen LogP contribution is 2.31. The summed E-state index contributed by atoms with van der Waals surface area (Å²) < 4.78 is 11.7. The molecule has 4 nitrogen and oxygen atoms in total. The predicted octanol–water partition coefficient (Wildman–Crippen LogP) is 2.59. The normalized spacial score (nSPS) is 14.0. The van der Waals surface area contributed by atoms with Gasteiger partial charge in [0.25, 0.3) is 0 Å². The van der Waals surface area contributed by atoms with Gasteiger partial charge < -0.3 is 14.8 Å². The van der Waals surface area contributed by atoms with E-state index in [1.807, 2.05) is 26.0 Å². The Morgan fingerprint density at radius 1 is 1.50 bits per heavy atom. The largest absolute Gasteiger partial charge is 0.467 e. The first-order chi connectivity index (χ1) is 8.58. The Morgan fingerprint density at radius 3 is 3.00 bits per heavy atom. The van der Waals surface area contributed by atoms with Crippen LogP contribution in [0, 0.1) is 5.92 Å². The second kappa shape index (κ2) is 5.71. The van der Waals surface area contributed by atoms with Gasteiger partial charge in [0.2, 0.25) is 5.91 Å². The summed E-state index contributed by atoms with van der Waals surface area (Å²) in [6.45, 7) is 5.02. The third kappa shape index (κ3) is 3.03. The van der Waals surface area contributed by atoms with Gasteiger partial charge in [-0.15, -0.1) is 0 Å². The molecule has 1 aliphatic heterocycles. The van der Waals surface area contributed by atoms with Crippen molar-refractivity contribution in [2.24, 2.45) is 5.92 Å². The van der Waals surface area contributed by atoms with Gasteiger partial charge in [0, 0.05) is 28.1 Å². The summed E-state index contributed by atoms with van der Waals surface area (Å²) in [5.74, 6) is 0.849. The number of carbonyl (C=O) groups is 1. The van der Waals surface area contributed by atoms with Crippen LogP contribution in [0.4, 0.5) is 0 Å². The van der Waals surface area contributed by atoms with Crippen LogP contribution in [0.3, 0.4) is 0 Å². The van der Waals surface area contributed by atoms with Crippen LogP contribution in [0.15, 0.2) is 16.6 Å². The molecule has 18 heavy (non-hydrogen) atoms. The number of benzene rings is 1. The maximum absolute atomic E-state index is 11.6. The van der Waals surface area contributed by atoms with E-state index >= 15 is 0 Å². The average molecular weight is 314 g/mol. The molecule has 0 saturated carbocycles. The monoisotopic (exact) mass is 313 g/mol. The minimum atomic E-state index is -0.0165. The van der Waals surface area contributed by atoms with Crippen molar-refractivity contribution in [2.75, 3.05) is 6.79 Å². The van der Waals surface area contributed by atoms with Crippen molar-refractivity contribution in [3.63, 3.8) is 0 Å². The number of hydrogen-bond donors (Lipinski definition) is 1. The van der Waals surface area contributed by atoms with E-state index < -0.39 is 0 Å². The highest BCUT2D eigenvalue weighted by atomic mass is 79.9. The summed E-state index contributed by atoms with van der Waals surface area (Å²) >= 11 is 3.45. The molecular formula is C13H16BrNO3. The summed E-state index contributed by atoms with van der Waals surface area (Å²) in [6, 6.07) is 3.94. The molecule has 1 aliphatic rings. The van der Waals surface area contributed by atoms with E-state index in [0.29, 0.717) is 13.2 Å². The number of nitrogens with one attached hydrogen (secondary N) is 1. The predicted molar refractivity (Wildman–Crippen MR) is 71.1 cm³/mol. The first-order valence-corrected chi connectivity index (χ1v) is 6.66. The SMILES string of the molecule is CC(C)C(=O)NCc1cc(Br)cc2c1OCOC2. The van der Waals surface area contributed by atoms with E-state index in [-0.39, 0.29) is 18.6 Å². The number of ether oxygens (including phenoxy) is 2. The molecule has 0 aromatic heterocycles. The lowest BCUT2D eigenvalue weighted by molar-refractivity contribution is -0.124.